The second-order valence-electron chi connectivity index (χ2n) is 19.7. The van der Waals surface area contributed by atoms with E-state index in [1.54, 1.807) is 0 Å². The Morgan fingerprint density at radius 3 is 1.57 bits per heavy atom. The molecule has 9 aromatic rings. The number of benzene rings is 9. The molecular formula is C60H49BN2S2. The molecule has 3 aliphatic rings. The molecule has 0 spiro atoms. The minimum absolute atomic E-state index is 0.0261. The van der Waals surface area contributed by atoms with E-state index < -0.39 is 0 Å². The van der Waals surface area contributed by atoms with Crippen LogP contribution < -0.4 is 20.6 Å². The fourth-order valence-electron chi connectivity index (χ4n) is 10.3. The first-order valence-corrected chi connectivity index (χ1v) is 24.4. The van der Waals surface area contributed by atoms with E-state index in [2.05, 4.69) is 239 Å². The Morgan fingerprint density at radius 2 is 0.923 bits per heavy atom. The maximum absolute atomic E-state index is 2.70. The van der Waals surface area contributed by atoms with Crippen molar-refractivity contribution in [2.75, 3.05) is 9.71 Å². The molecule has 0 fully saturated rings. The van der Waals surface area contributed by atoms with E-state index >= 15 is 0 Å². The van der Waals surface area contributed by atoms with Crippen LogP contribution in [-0.2, 0) is 10.8 Å². The average Bonchev–Trinajstić information content (AvgIpc) is 3.32. The SMILES string of the molecule is CC(C)(C)c1ccc(N2B3c4cc5c(cc4N(c4ccc(C(C)(C)C)cc4-c4ccccc4)c4c3c(cc3ccccc43)-c3ccccc32)Sc2ccccc2S5)c(-c2ccccc2)c1. The summed E-state index contributed by atoms with van der Waals surface area (Å²) < 4.78 is 0. The van der Waals surface area contributed by atoms with Crippen molar-refractivity contribution in [1.82, 2.24) is 0 Å². The maximum atomic E-state index is 2.70. The Bertz CT molecular complexity index is 3370. The van der Waals surface area contributed by atoms with Crippen molar-refractivity contribution in [3.05, 3.63) is 199 Å². The number of hydrogen-bond acceptors (Lipinski definition) is 4. The Kier molecular flexibility index (Phi) is 9.32. The normalized spacial score (nSPS) is 13.8. The molecule has 0 aliphatic carbocycles. The summed E-state index contributed by atoms with van der Waals surface area (Å²) in [6.45, 7) is 13.8. The smallest absolute Gasteiger partial charge is 0.333 e. The summed E-state index contributed by atoms with van der Waals surface area (Å²) in [5, 5.41) is 2.48. The lowest BCUT2D eigenvalue weighted by atomic mass is 9.43. The van der Waals surface area contributed by atoms with Crippen molar-refractivity contribution < 1.29 is 0 Å². The molecule has 0 amide bonds. The van der Waals surface area contributed by atoms with Crippen LogP contribution in [0, 0.1) is 0 Å². The van der Waals surface area contributed by atoms with Crippen molar-refractivity contribution in [1.29, 1.82) is 0 Å². The lowest BCUT2D eigenvalue weighted by Crippen LogP contribution is -2.61. The predicted octanol–water partition coefficient (Wildman–Crippen LogP) is 16.1. The number of para-hydroxylation sites is 1. The minimum Gasteiger partial charge on any atom is -0.376 e. The molecule has 3 heterocycles. The average molecular weight is 873 g/mol. The molecule has 65 heavy (non-hydrogen) atoms. The molecule has 2 nitrogen and oxygen atoms in total. The van der Waals surface area contributed by atoms with E-state index in [-0.39, 0.29) is 17.7 Å². The van der Waals surface area contributed by atoms with E-state index in [1.807, 2.05) is 23.5 Å². The van der Waals surface area contributed by atoms with Crippen LogP contribution in [0.3, 0.4) is 0 Å². The van der Waals surface area contributed by atoms with E-state index in [9.17, 15) is 0 Å². The Balaban J connectivity index is 1.23. The van der Waals surface area contributed by atoms with Crippen molar-refractivity contribution in [3.8, 4) is 33.4 Å². The van der Waals surface area contributed by atoms with Gasteiger partial charge in [-0.2, -0.15) is 0 Å². The van der Waals surface area contributed by atoms with Gasteiger partial charge in [0.05, 0.1) is 11.4 Å². The lowest BCUT2D eigenvalue weighted by molar-refractivity contribution is 0.590. The van der Waals surface area contributed by atoms with Crippen molar-refractivity contribution in [3.63, 3.8) is 0 Å². The third-order valence-electron chi connectivity index (χ3n) is 13.6. The van der Waals surface area contributed by atoms with Crippen molar-refractivity contribution in [2.45, 2.75) is 72.0 Å². The van der Waals surface area contributed by atoms with Crippen LogP contribution in [0.5, 0.6) is 0 Å². The molecule has 12 rings (SSSR count). The Labute approximate surface area is 392 Å². The molecule has 0 N–H and O–H groups in total. The zero-order valence-corrected chi connectivity index (χ0v) is 39.3. The summed E-state index contributed by atoms with van der Waals surface area (Å²) in [4.78, 5) is 10.6. The second-order valence-corrected chi connectivity index (χ2v) is 21.9. The third-order valence-corrected chi connectivity index (χ3v) is 16.1. The summed E-state index contributed by atoms with van der Waals surface area (Å²) in [6.07, 6.45) is 0. The van der Waals surface area contributed by atoms with Gasteiger partial charge >= 0.3 is 6.85 Å². The van der Waals surface area contributed by atoms with Gasteiger partial charge in [0.1, 0.15) is 0 Å². The van der Waals surface area contributed by atoms with Crippen LogP contribution >= 0.6 is 23.5 Å². The zero-order chi connectivity index (χ0) is 44.2. The van der Waals surface area contributed by atoms with Crippen LogP contribution in [-0.4, -0.2) is 6.85 Å². The van der Waals surface area contributed by atoms with Gasteiger partial charge in [0.15, 0.2) is 0 Å². The molecule has 0 bridgehead atoms. The molecule has 314 valence electrons. The Hall–Kier alpha value is -6.40. The first kappa shape index (κ1) is 40.1. The van der Waals surface area contributed by atoms with E-state index in [0.717, 1.165) is 0 Å². The van der Waals surface area contributed by atoms with Gasteiger partial charge in [-0.3, -0.25) is 0 Å². The van der Waals surface area contributed by atoms with Gasteiger partial charge in [-0.15, -0.1) is 0 Å². The zero-order valence-electron chi connectivity index (χ0n) is 37.7. The van der Waals surface area contributed by atoms with Gasteiger partial charge in [0, 0.05) is 58.7 Å². The number of rotatable bonds is 4. The summed E-state index contributed by atoms with van der Waals surface area (Å²) >= 11 is 3.80. The summed E-state index contributed by atoms with van der Waals surface area (Å²) in [7, 11) is 0. The van der Waals surface area contributed by atoms with Crippen molar-refractivity contribution >= 4 is 80.5 Å². The van der Waals surface area contributed by atoms with Gasteiger partial charge in [0.2, 0.25) is 0 Å². The second kappa shape index (κ2) is 15.1. The largest absolute Gasteiger partial charge is 0.376 e. The molecule has 0 atom stereocenters. The number of anilines is 5. The van der Waals surface area contributed by atoms with Crippen LogP contribution in [0.25, 0.3) is 44.2 Å². The summed E-state index contributed by atoms with van der Waals surface area (Å²) in [6, 6.07) is 71.2. The van der Waals surface area contributed by atoms with E-state index in [0.29, 0.717) is 0 Å². The number of nitrogens with zero attached hydrogens (tertiary/aromatic N) is 2. The predicted molar refractivity (Wildman–Crippen MR) is 281 cm³/mol. The van der Waals surface area contributed by atoms with E-state index in [1.165, 1.54) is 114 Å². The quantitative estimate of drug-likeness (QED) is 0.163. The molecule has 0 radical (unpaired) electrons. The summed E-state index contributed by atoms with van der Waals surface area (Å²) in [5.74, 6) is 0. The molecule has 9 aromatic carbocycles. The van der Waals surface area contributed by atoms with Crippen LogP contribution in [0.1, 0.15) is 52.7 Å². The van der Waals surface area contributed by atoms with Crippen molar-refractivity contribution in [2.24, 2.45) is 0 Å². The number of fused-ring (bicyclic) bond motifs is 8. The monoisotopic (exact) mass is 872 g/mol. The minimum atomic E-state index is -0.143. The third kappa shape index (κ3) is 6.57. The standard InChI is InChI=1S/C60H49BN2S2/c1-59(2,3)41-29-31-49(45(34-41)38-19-9-7-10-20-38)62-52-37-56-55(64-53-27-17-18-28-54(53)65-56)36-48(52)61-57-47(33-40-23-13-14-24-43(40)58(57)62)44-25-15-16-26-50(44)63(61)51-32-30-42(60(4,5)6)35-46(51)39-21-11-8-12-22-39/h7-37H,1-6H3. The van der Waals surface area contributed by atoms with Gasteiger partial charge in [-0.05, 0) is 116 Å². The first-order chi connectivity index (χ1) is 31.5. The molecule has 0 saturated carbocycles. The van der Waals surface area contributed by atoms with E-state index in [4.69, 9.17) is 0 Å². The maximum Gasteiger partial charge on any atom is 0.333 e. The molecule has 0 saturated heterocycles. The molecule has 5 heteroatoms. The highest BCUT2D eigenvalue weighted by atomic mass is 32.2. The highest BCUT2D eigenvalue weighted by Crippen LogP contribution is 2.55. The molecule has 3 aliphatic heterocycles. The van der Waals surface area contributed by atoms with Crippen LogP contribution in [0.2, 0.25) is 0 Å². The molecular weight excluding hydrogens is 824 g/mol. The highest BCUT2D eigenvalue weighted by molar-refractivity contribution is 8.05. The first-order valence-electron chi connectivity index (χ1n) is 22.8. The van der Waals surface area contributed by atoms with Crippen LogP contribution in [0.15, 0.2) is 208 Å². The van der Waals surface area contributed by atoms with Gasteiger partial charge in [-0.1, -0.05) is 192 Å². The van der Waals surface area contributed by atoms with Crippen LogP contribution in [0.4, 0.5) is 28.4 Å². The highest BCUT2D eigenvalue weighted by Gasteiger charge is 2.47. The fourth-order valence-corrected chi connectivity index (χ4v) is 12.6. The van der Waals surface area contributed by atoms with Gasteiger partial charge in [0.25, 0.3) is 0 Å². The van der Waals surface area contributed by atoms with Gasteiger partial charge < -0.3 is 9.71 Å². The number of hydrogen-bond donors (Lipinski definition) is 0. The molecule has 0 unspecified atom stereocenters. The van der Waals surface area contributed by atoms with Gasteiger partial charge in [-0.25, -0.2) is 0 Å². The lowest BCUT2D eigenvalue weighted by Gasteiger charge is -2.47. The summed E-state index contributed by atoms with van der Waals surface area (Å²) in [5.41, 5.74) is 18.7. The fraction of sp³-hybridized carbons (Fsp3) is 0.133. The topological polar surface area (TPSA) is 6.48 Å². The molecule has 0 aromatic heterocycles. The Morgan fingerprint density at radius 1 is 0.400 bits per heavy atom.